The summed E-state index contributed by atoms with van der Waals surface area (Å²) in [4.78, 5) is 29.8. The van der Waals surface area contributed by atoms with Gasteiger partial charge in [0.15, 0.2) is 5.52 Å². The Hall–Kier alpha value is -2.52. The summed E-state index contributed by atoms with van der Waals surface area (Å²) >= 11 is 0. The number of fused-ring (bicyclic) bond motifs is 1. The molecule has 0 spiro atoms. The molecule has 0 saturated heterocycles. The van der Waals surface area contributed by atoms with Gasteiger partial charge in [0.2, 0.25) is 0 Å². The third kappa shape index (κ3) is 4.36. The number of nitrogens with one attached hydrogen (secondary N) is 1. The predicted molar refractivity (Wildman–Crippen MR) is 100 cm³/mol. The topological polar surface area (TPSA) is 107 Å². The summed E-state index contributed by atoms with van der Waals surface area (Å²) in [5, 5.41) is 16.9. The zero-order chi connectivity index (χ0) is 18.5. The lowest BCUT2D eigenvalue weighted by Gasteiger charge is -2.09. The Morgan fingerprint density at radius 3 is 2.65 bits per heavy atom. The number of pyridine rings is 1. The van der Waals surface area contributed by atoms with E-state index in [9.17, 15) is 9.59 Å². The fourth-order valence-electron chi connectivity index (χ4n) is 2.35. The van der Waals surface area contributed by atoms with E-state index in [1.54, 1.807) is 0 Å². The van der Waals surface area contributed by atoms with Crippen molar-refractivity contribution < 1.29 is 24.4 Å². The van der Waals surface area contributed by atoms with Crippen molar-refractivity contribution in [2.75, 3.05) is 0 Å². The highest BCUT2D eigenvalue weighted by Crippen LogP contribution is 2.31. The number of carboxylic acid groups (broad SMARTS) is 2. The minimum absolute atomic E-state index is 0.411. The Balaban J connectivity index is 1.75. The zero-order valence-electron chi connectivity index (χ0n) is 13.5. The number of hydrogen-bond acceptors (Lipinski definition) is 5. The number of H-pyrrole nitrogens is 1. The van der Waals surface area contributed by atoms with Gasteiger partial charge in [0, 0.05) is 0 Å². The maximum Gasteiger partial charge on any atom is 0.402 e. The molecule has 1 aromatic carbocycles. The molecule has 0 amide bonds. The van der Waals surface area contributed by atoms with Crippen LogP contribution in [0.4, 0.5) is 0 Å². The quantitative estimate of drug-likeness (QED) is 0.401. The summed E-state index contributed by atoms with van der Waals surface area (Å²) in [6.45, 7) is 0. The summed E-state index contributed by atoms with van der Waals surface area (Å²) in [7, 11) is 2.36. The molecular weight excluding hydrogens is 374 g/mol. The molecule has 1 atom stereocenters. The van der Waals surface area contributed by atoms with Gasteiger partial charge in [0.1, 0.15) is 10.8 Å². The van der Waals surface area contributed by atoms with Crippen LogP contribution in [-0.2, 0) is 15.3 Å². The molecule has 0 aliphatic carbocycles. The van der Waals surface area contributed by atoms with E-state index in [-0.39, 0.29) is 0 Å². The number of carboxylic acids is 2. The molecule has 2 aromatic heterocycles. The van der Waals surface area contributed by atoms with Gasteiger partial charge in [-0.25, -0.2) is 9.55 Å². The normalized spacial score (nSPS) is 12.2. The van der Waals surface area contributed by atoms with Gasteiger partial charge >= 0.3 is 17.9 Å². The Morgan fingerprint density at radius 2 is 1.92 bits per heavy atom. The van der Waals surface area contributed by atoms with Crippen molar-refractivity contribution in [1.29, 1.82) is 0 Å². The maximum atomic E-state index is 11.1. The third-order valence-electron chi connectivity index (χ3n) is 3.58. The molecule has 0 aliphatic heterocycles. The standard InChI is InChI=1S/C17H15N3O4S2/c21-15(22)9-14(16(23)24)26-25-10-11-5-3-4-8-20(11)17-18-12-6-1-2-7-13(12)19-17/h1-8,14H,9-10H2,(H2-,18,19,21,22,23,24)/p+1. The second-order valence-electron chi connectivity index (χ2n) is 5.42. The molecule has 1 unspecified atom stereocenters. The average molecular weight is 390 g/mol. The first-order chi connectivity index (χ1) is 12.5. The van der Waals surface area contributed by atoms with Crippen molar-refractivity contribution in [3.63, 3.8) is 0 Å². The lowest BCUT2D eigenvalue weighted by atomic mass is 10.3. The van der Waals surface area contributed by atoms with Gasteiger partial charge in [0.05, 0.1) is 24.1 Å². The Kier molecular flexibility index (Phi) is 5.79. The summed E-state index contributed by atoms with van der Waals surface area (Å²) in [5.74, 6) is -1.07. The molecule has 0 saturated carbocycles. The molecule has 134 valence electrons. The van der Waals surface area contributed by atoms with Gasteiger partial charge in [-0.05, 0) is 24.3 Å². The van der Waals surface area contributed by atoms with Gasteiger partial charge in [-0.3, -0.25) is 9.59 Å². The summed E-state index contributed by atoms with van der Waals surface area (Å²) in [5.41, 5.74) is 2.71. The van der Waals surface area contributed by atoms with Crippen molar-refractivity contribution in [2.45, 2.75) is 17.4 Å². The van der Waals surface area contributed by atoms with E-state index < -0.39 is 23.6 Å². The number of imidazole rings is 1. The molecule has 2 heterocycles. The molecule has 26 heavy (non-hydrogen) atoms. The van der Waals surface area contributed by atoms with E-state index in [0.717, 1.165) is 27.5 Å². The van der Waals surface area contributed by atoms with Gasteiger partial charge in [-0.1, -0.05) is 44.8 Å². The fraction of sp³-hybridized carbons (Fsp3) is 0.176. The first-order valence-electron chi connectivity index (χ1n) is 7.72. The summed E-state index contributed by atoms with van der Waals surface area (Å²) in [6.07, 6.45) is 1.47. The fourth-order valence-corrected chi connectivity index (χ4v) is 4.75. The van der Waals surface area contributed by atoms with Crippen LogP contribution in [0, 0.1) is 0 Å². The van der Waals surface area contributed by atoms with Crippen LogP contribution >= 0.6 is 21.6 Å². The number of rotatable bonds is 8. The van der Waals surface area contributed by atoms with Gasteiger partial charge in [-0.2, -0.15) is 0 Å². The molecule has 9 heteroatoms. The molecule has 3 aromatic rings. The average Bonchev–Trinajstić information content (AvgIpc) is 3.04. The molecule has 0 bridgehead atoms. The Labute approximate surface area is 156 Å². The Bertz CT molecular complexity index is 911. The van der Waals surface area contributed by atoms with Gasteiger partial charge in [-0.15, -0.1) is 0 Å². The van der Waals surface area contributed by atoms with E-state index in [0.29, 0.717) is 11.7 Å². The van der Waals surface area contributed by atoms with Crippen LogP contribution in [0.25, 0.3) is 17.0 Å². The zero-order valence-corrected chi connectivity index (χ0v) is 15.2. The van der Waals surface area contributed by atoms with Crippen LogP contribution < -0.4 is 4.57 Å². The highest BCUT2D eigenvalue weighted by Gasteiger charge is 2.23. The number of benzene rings is 1. The van der Waals surface area contributed by atoms with Crippen LogP contribution in [-0.4, -0.2) is 37.4 Å². The van der Waals surface area contributed by atoms with E-state index in [4.69, 9.17) is 10.2 Å². The van der Waals surface area contributed by atoms with Crippen LogP contribution in [0.2, 0.25) is 0 Å². The number of para-hydroxylation sites is 2. The largest absolute Gasteiger partial charge is 0.481 e. The molecule has 0 radical (unpaired) electrons. The minimum Gasteiger partial charge on any atom is -0.481 e. The van der Waals surface area contributed by atoms with Crippen molar-refractivity contribution in [3.05, 3.63) is 54.4 Å². The van der Waals surface area contributed by atoms with Crippen LogP contribution in [0.3, 0.4) is 0 Å². The highest BCUT2D eigenvalue weighted by molar-refractivity contribution is 8.76. The first kappa shape index (κ1) is 18.3. The predicted octanol–water partition coefficient (Wildman–Crippen LogP) is 2.65. The minimum atomic E-state index is -1.12. The van der Waals surface area contributed by atoms with Gasteiger partial charge in [0.25, 0.3) is 0 Å². The molecule has 7 nitrogen and oxygen atoms in total. The summed E-state index contributed by atoms with van der Waals surface area (Å²) < 4.78 is 1.90. The van der Waals surface area contributed by atoms with Crippen LogP contribution in [0.15, 0.2) is 48.7 Å². The van der Waals surface area contributed by atoms with Crippen LogP contribution in [0.5, 0.6) is 0 Å². The molecule has 3 N–H and O–H groups in total. The number of aromatic amines is 1. The number of hydrogen-bond donors (Lipinski definition) is 3. The SMILES string of the molecule is O=C(O)CC(SSCc1cccc[n+]1-c1nc2ccccc2[nH]1)C(=O)O. The molecule has 3 rings (SSSR count). The second kappa shape index (κ2) is 8.24. The van der Waals surface area contributed by atoms with E-state index in [2.05, 4.69) is 9.97 Å². The van der Waals surface area contributed by atoms with E-state index >= 15 is 0 Å². The lowest BCUT2D eigenvalue weighted by Crippen LogP contribution is -2.36. The Morgan fingerprint density at radius 1 is 1.15 bits per heavy atom. The van der Waals surface area contributed by atoms with Crippen molar-refractivity contribution >= 4 is 44.6 Å². The number of aromatic nitrogens is 3. The van der Waals surface area contributed by atoms with E-state index in [1.807, 2.05) is 53.2 Å². The van der Waals surface area contributed by atoms with E-state index in [1.165, 1.54) is 10.8 Å². The first-order valence-corrected chi connectivity index (χ1v) is 10.1. The maximum absolute atomic E-state index is 11.1. The molecule has 0 fully saturated rings. The lowest BCUT2D eigenvalue weighted by molar-refractivity contribution is -0.610. The van der Waals surface area contributed by atoms with Crippen LogP contribution in [0.1, 0.15) is 12.1 Å². The third-order valence-corrected chi connectivity index (χ3v) is 6.18. The molecular formula is C17H16N3O4S2+. The smallest absolute Gasteiger partial charge is 0.402 e. The monoisotopic (exact) mass is 390 g/mol. The summed E-state index contributed by atoms with van der Waals surface area (Å²) in [6, 6.07) is 13.4. The van der Waals surface area contributed by atoms with Crippen molar-refractivity contribution in [1.82, 2.24) is 9.97 Å². The number of carbonyl (C=O) groups is 2. The number of aliphatic carboxylic acids is 2. The highest BCUT2D eigenvalue weighted by atomic mass is 33.1. The molecule has 0 aliphatic rings. The van der Waals surface area contributed by atoms with Gasteiger partial charge < -0.3 is 10.2 Å². The number of nitrogens with zero attached hydrogens (tertiary/aromatic N) is 2. The second-order valence-corrected chi connectivity index (χ2v) is 7.99. The van der Waals surface area contributed by atoms with Crippen molar-refractivity contribution in [2.24, 2.45) is 0 Å². The van der Waals surface area contributed by atoms with Crippen molar-refractivity contribution in [3.8, 4) is 5.95 Å².